The molecule has 1 aromatic heterocycles. The van der Waals surface area contributed by atoms with Crippen LogP contribution in [0.1, 0.15) is 69.8 Å². The maximum atomic E-state index is 8.88. The number of nitrogens with one attached hydrogen (secondary N) is 1. The summed E-state index contributed by atoms with van der Waals surface area (Å²) in [6, 6.07) is 3.75. The Balaban J connectivity index is 1.86. The minimum atomic E-state index is -0.0158. The van der Waals surface area contributed by atoms with Crippen LogP contribution in [0.4, 0.5) is 0 Å². The standard InChI is InChI=1S/C16H29NO2/c1-2-3-4-5-6-7-8-9-12-17-13-15-10-11-16(14-18)19-15/h10-11,17-18H,2-9,12-14H2,1H3. The zero-order valence-electron chi connectivity index (χ0n) is 12.3. The highest BCUT2D eigenvalue weighted by molar-refractivity contribution is 5.05. The molecular formula is C16H29NO2. The summed E-state index contributed by atoms with van der Waals surface area (Å²) in [5, 5.41) is 12.3. The van der Waals surface area contributed by atoms with Crippen LogP contribution in [0.2, 0.25) is 0 Å². The largest absolute Gasteiger partial charge is 0.462 e. The van der Waals surface area contributed by atoms with E-state index in [1.807, 2.05) is 12.1 Å². The molecule has 0 atom stereocenters. The van der Waals surface area contributed by atoms with Crippen LogP contribution in [0.15, 0.2) is 16.5 Å². The summed E-state index contributed by atoms with van der Waals surface area (Å²) in [7, 11) is 0. The molecule has 0 aromatic carbocycles. The van der Waals surface area contributed by atoms with Crippen molar-refractivity contribution in [3.8, 4) is 0 Å². The average molecular weight is 267 g/mol. The third-order valence-electron chi connectivity index (χ3n) is 3.38. The Bertz CT molecular complexity index is 309. The van der Waals surface area contributed by atoms with Gasteiger partial charge >= 0.3 is 0 Å². The van der Waals surface area contributed by atoms with Gasteiger partial charge in [0, 0.05) is 0 Å². The SMILES string of the molecule is CCCCCCCCCCNCc1ccc(CO)o1. The number of hydrogen-bond donors (Lipinski definition) is 2. The third-order valence-corrected chi connectivity index (χ3v) is 3.38. The summed E-state index contributed by atoms with van der Waals surface area (Å²) in [6.45, 7) is 4.05. The first-order valence-electron chi connectivity index (χ1n) is 7.76. The van der Waals surface area contributed by atoms with E-state index in [2.05, 4.69) is 12.2 Å². The maximum absolute atomic E-state index is 8.88. The van der Waals surface area contributed by atoms with Gasteiger partial charge < -0.3 is 14.8 Å². The van der Waals surface area contributed by atoms with Gasteiger partial charge in [-0.3, -0.25) is 0 Å². The number of furan rings is 1. The molecule has 0 unspecified atom stereocenters. The van der Waals surface area contributed by atoms with E-state index < -0.39 is 0 Å². The lowest BCUT2D eigenvalue weighted by Gasteiger charge is -2.03. The van der Waals surface area contributed by atoms with E-state index in [9.17, 15) is 0 Å². The predicted molar refractivity (Wildman–Crippen MR) is 78.9 cm³/mol. The molecular weight excluding hydrogens is 238 g/mol. The van der Waals surface area contributed by atoms with Crippen molar-refractivity contribution in [3.63, 3.8) is 0 Å². The van der Waals surface area contributed by atoms with E-state index in [1.165, 1.54) is 51.4 Å². The van der Waals surface area contributed by atoms with E-state index in [4.69, 9.17) is 9.52 Å². The fourth-order valence-corrected chi connectivity index (χ4v) is 2.20. The Kier molecular flexibility index (Phi) is 9.46. The van der Waals surface area contributed by atoms with Crippen LogP contribution in [0.25, 0.3) is 0 Å². The molecule has 110 valence electrons. The lowest BCUT2D eigenvalue weighted by atomic mass is 10.1. The van der Waals surface area contributed by atoms with Crippen LogP contribution in [0.3, 0.4) is 0 Å². The molecule has 3 heteroatoms. The molecule has 0 aliphatic carbocycles. The third kappa shape index (κ3) is 8.06. The second-order valence-corrected chi connectivity index (χ2v) is 5.18. The maximum Gasteiger partial charge on any atom is 0.129 e. The number of aliphatic hydroxyl groups is 1. The molecule has 0 bridgehead atoms. The number of aliphatic hydroxyl groups excluding tert-OH is 1. The highest BCUT2D eigenvalue weighted by Crippen LogP contribution is 2.09. The summed E-state index contributed by atoms with van der Waals surface area (Å²) >= 11 is 0. The minimum Gasteiger partial charge on any atom is -0.462 e. The molecule has 0 saturated carbocycles. The Labute approximate surface area is 117 Å². The summed E-state index contributed by atoms with van der Waals surface area (Å²) in [5.41, 5.74) is 0. The van der Waals surface area contributed by atoms with Crippen molar-refractivity contribution < 1.29 is 9.52 Å². The van der Waals surface area contributed by atoms with Gasteiger partial charge in [0.25, 0.3) is 0 Å². The summed E-state index contributed by atoms with van der Waals surface area (Å²) in [5.74, 6) is 1.55. The second kappa shape index (κ2) is 11.1. The first-order valence-corrected chi connectivity index (χ1v) is 7.76. The Hall–Kier alpha value is -0.800. The van der Waals surface area contributed by atoms with Gasteiger partial charge in [0.15, 0.2) is 0 Å². The summed E-state index contributed by atoms with van der Waals surface area (Å²) < 4.78 is 5.40. The number of unbranched alkanes of at least 4 members (excludes halogenated alkanes) is 7. The molecule has 1 heterocycles. The van der Waals surface area contributed by atoms with Gasteiger partial charge in [-0.25, -0.2) is 0 Å². The highest BCUT2D eigenvalue weighted by atomic mass is 16.4. The van der Waals surface area contributed by atoms with Crippen LogP contribution in [-0.4, -0.2) is 11.7 Å². The zero-order chi connectivity index (χ0) is 13.8. The Morgan fingerprint density at radius 2 is 1.58 bits per heavy atom. The van der Waals surface area contributed by atoms with E-state index in [0.29, 0.717) is 5.76 Å². The molecule has 0 aliphatic heterocycles. The molecule has 1 rings (SSSR count). The van der Waals surface area contributed by atoms with Crippen molar-refractivity contribution in [2.45, 2.75) is 71.4 Å². The van der Waals surface area contributed by atoms with Gasteiger partial charge in [0.1, 0.15) is 18.1 Å². The molecule has 0 fully saturated rings. The van der Waals surface area contributed by atoms with Crippen LogP contribution >= 0.6 is 0 Å². The molecule has 0 saturated heterocycles. The second-order valence-electron chi connectivity index (χ2n) is 5.18. The lowest BCUT2D eigenvalue weighted by molar-refractivity contribution is 0.243. The van der Waals surface area contributed by atoms with Crippen LogP contribution in [0, 0.1) is 0 Å². The van der Waals surface area contributed by atoms with Crippen LogP contribution in [0.5, 0.6) is 0 Å². The molecule has 0 spiro atoms. The van der Waals surface area contributed by atoms with Crippen molar-refractivity contribution in [1.82, 2.24) is 5.32 Å². The summed E-state index contributed by atoms with van der Waals surface area (Å²) in [4.78, 5) is 0. The topological polar surface area (TPSA) is 45.4 Å². The molecule has 1 aromatic rings. The number of hydrogen-bond acceptors (Lipinski definition) is 3. The van der Waals surface area contributed by atoms with Gasteiger partial charge in [0.05, 0.1) is 6.54 Å². The van der Waals surface area contributed by atoms with Crippen molar-refractivity contribution in [3.05, 3.63) is 23.7 Å². The first kappa shape index (κ1) is 16.3. The van der Waals surface area contributed by atoms with Crippen molar-refractivity contribution >= 4 is 0 Å². The minimum absolute atomic E-state index is 0.0158. The van der Waals surface area contributed by atoms with Gasteiger partial charge in [-0.2, -0.15) is 0 Å². The zero-order valence-corrected chi connectivity index (χ0v) is 12.3. The molecule has 0 amide bonds. The van der Waals surface area contributed by atoms with Gasteiger partial charge in [-0.1, -0.05) is 51.9 Å². The van der Waals surface area contributed by atoms with Gasteiger partial charge in [-0.05, 0) is 25.1 Å². The molecule has 0 aliphatic rings. The molecule has 0 radical (unpaired) electrons. The first-order chi connectivity index (χ1) is 9.36. The van der Waals surface area contributed by atoms with Crippen molar-refractivity contribution in [2.75, 3.05) is 6.54 Å². The Morgan fingerprint density at radius 1 is 0.947 bits per heavy atom. The monoisotopic (exact) mass is 267 g/mol. The van der Waals surface area contributed by atoms with E-state index >= 15 is 0 Å². The lowest BCUT2D eigenvalue weighted by Crippen LogP contribution is -2.14. The molecule has 19 heavy (non-hydrogen) atoms. The molecule has 3 nitrogen and oxygen atoms in total. The normalized spacial score (nSPS) is 11.1. The quantitative estimate of drug-likeness (QED) is 0.563. The fraction of sp³-hybridized carbons (Fsp3) is 0.750. The predicted octanol–water partition coefficient (Wildman–Crippen LogP) is 4.00. The Morgan fingerprint density at radius 3 is 2.21 bits per heavy atom. The average Bonchev–Trinajstić information content (AvgIpc) is 2.89. The summed E-state index contributed by atoms with van der Waals surface area (Å²) in [6.07, 6.45) is 10.8. The van der Waals surface area contributed by atoms with Crippen LogP contribution < -0.4 is 5.32 Å². The smallest absolute Gasteiger partial charge is 0.129 e. The van der Waals surface area contributed by atoms with Crippen molar-refractivity contribution in [2.24, 2.45) is 0 Å². The van der Waals surface area contributed by atoms with Crippen LogP contribution in [-0.2, 0) is 13.2 Å². The molecule has 2 N–H and O–H groups in total. The van der Waals surface area contributed by atoms with E-state index in [0.717, 1.165) is 18.8 Å². The van der Waals surface area contributed by atoms with Crippen molar-refractivity contribution in [1.29, 1.82) is 0 Å². The van der Waals surface area contributed by atoms with Gasteiger partial charge in [-0.15, -0.1) is 0 Å². The van der Waals surface area contributed by atoms with Gasteiger partial charge in [0.2, 0.25) is 0 Å². The van der Waals surface area contributed by atoms with E-state index in [-0.39, 0.29) is 6.61 Å². The van der Waals surface area contributed by atoms with E-state index in [1.54, 1.807) is 0 Å². The fourth-order valence-electron chi connectivity index (χ4n) is 2.20. The highest BCUT2D eigenvalue weighted by Gasteiger charge is 1.99. The number of rotatable bonds is 12.